The lowest BCUT2D eigenvalue weighted by molar-refractivity contribution is -0.163. The minimum absolute atomic E-state index is 0.303. The van der Waals surface area contributed by atoms with Gasteiger partial charge in [-0.2, -0.15) is 5.10 Å². The van der Waals surface area contributed by atoms with Gasteiger partial charge in [0.15, 0.2) is 6.10 Å². The molecule has 1 N–H and O–H groups in total. The molecule has 9 nitrogen and oxygen atoms in total. The van der Waals surface area contributed by atoms with E-state index in [0.29, 0.717) is 24.2 Å². The van der Waals surface area contributed by atoms with Crippen molar-refractivity contribution in [3.8, 4) is 0 Å². The maximum absolute atomic E-state index is 12.6. The van der Waals surface area contributed by atoms with Gasteiger partial charge >= 0.3 is 5.97 Å². The summed E-state index contributed by atoms with van der Waals surface area (Å²) in [7, 11) is 1.77. The Labute approximate surface area is 169 Å². The summed E-state index contributed by atoms with van der Waals surface area (Å²) >= 11 is 0. The van der Waals surface area contributed by atoms with Gasteiger partial charge in [0.25, 0.3) is 5.91 Å². The number of fused-ring (bicyclic) bond motifs is 1. The van der Waals surface area contributed by atoms with Gasteiger partial charge in [-0.15, -0.1) is 0 Å². The van der Waals surface area contributed by atoms with Gasteiger partial charge < -0.3 is 10.1 Å². The highest BCUT2D eigenvalue weighted by Gasteiger charge is 2.51. The Morgan fingerprint density at radius 1 is 1.10 bits per heavy atom. The number of rotatable bonds is 5. The fraction of sp³-hybridized carbons (Fsp3) is 0.650. The molecule has 0 bridgehead atoms. The van der Waals surface area contributed by atoms with Crippen molar-refractivity contribution in [1.29, 1.82) is 0 Å². The Kier molecular flexibility index (Phi) is 5.77. The Bertz CT molecular complexity index is 837. The highest BCUT2D eigenvalue weighted by Crippen LogP contribution is 2.39. The van der Waals surface area contributed by atoms with Crippen molar-refractivity contribution < 1.29 is 23.9 Å². The number of nitrogens with one attached hydrogen (secondary N) is 1. The van der Waals surface area contributed by atoms with Gasteiger partial charge in [-0.25, -0.2) is 4.79 Å². The Balaban J connectivity index is 1.63. The van der Waals surface area contributed by atoms with E-state index in [9.17, 15) is 19.2 Å². The number of imide groups is 1. The van der Waals surface area contributed by atoms with E-state index in [-0.39, 0.29) is 23.7 Å². The second-order valence-corrected chi connectivity index (χ2v) is 7.96. The topological polar surface area (TPSA) is 111 Å². The molecule has 1 aromatic rings. The molecule has 158 valence electrons. The van der Waals surface area contributed by atoms with E-state index >= 15 is 0 Å². The molecule has 2 fully saturated rings. The highest BCUT2D eigenvalue weighted by molar-refractivity contribution is 6.08. The predicted molar refractivity (Wildman–Crippen MR) is 104 cm³/mol. The van der Waals surface area contributed by atoms with Gasteiger partial charge in [0.05, 0.1) is 28.9 Å². The first-order valence-electron chi connectivity index (χ1n) is 10.0. The number of esters is 1. The Hall–Kier alpha value is -2.71. The summed E-state index contributed by atoms with van der Waals surface area (Å²) in [6.07, 6.45) is 2.10. The molecule has 3 rings (SSSR count). The van der Waals surface area contributed by atoms with Crippen LogP contribution in [0.1, 0.15) is 50.9 Å². The van der Waals surface area contributed by atoms with Crippen LogP contribution in [0.3, 0.4) is 0 Å². The second-order valence-electron chi connectivity index (χ2n) is 7.96. The molecule has 1 aliphatic carbocycles. The zero-order chi connectivity index (χ0) is 21.5. The standard InChI is InChI=1S/C20H28N4O5/c1-10-16(11(2)23(5)22-10)21-17(25)13(4)29-20(28)12(3)24-18(26)14-8-6-7-9-15(14)19(24)27/h12-15H,6-9H2,1-5H3,(H,21,25)/t12-,13-,14-,15-/m0/s1. The van der Waals surface area contributed by atoms with Crippen LogP contribution in [0.4, 0.5) is 5.69 Å². The number of hydrogen-bond acceptors (Lipinski definition) is 6. The van der Waals surface area contributed by atoms with Crippen molar-refractivity contribution >= 4 is 29.4 Å². The van der Waals surface area contributed by atoms with Crippen molar-refractivity contribution in [3.05, 3.63) is 11.4 Å². The molecule has 2 heterocycles. The lowest BCUT2D eigenvalue weighted by Crippen LogP contribution is -2.46. The van der Waals surface area contributed by atoms with E-state index < -0.39 is 24.0 Å². The van der Waals surface area contributed by atoms with Crippen molar-refractivity contribution in [2.75, 3.05) is 5.32 Å². The van der Waals surface area contributed by atoms with Crippen LogP contribution in [0.2, 0.25) is 0 Å². The number of ether oxygens (including phenoxy) is 1. The van der Waals surface area contributed by atoms with Gasteiger partial charge in [0.2, 0.25) is 11.8 Å². The van der Waals surface area contributed by atoms with Crippen molar-refractivity contribution in [1.82, 2.24) is 14.7 Å². The van der Waals surface area contributed by atoms with E-state index in [1.54, 1.807) is 18.7 Å². The van der Waals surface area contributed by atoms with Crippen molar-refractivity contribution in [2.24, 2.45) is 18.9 Å². The molecule has 1 aliphatic heterocycles. The summed E-state index contributed by atoms with van der Waals surface area (Å²) in [6, 6.07) is -1.06. The minimum atomic E-state index is -1.08. The molecule has 4 atom stereocenters. The van der Waals surface area contributed by atoms with Gasteiger partial charge in [0.1, 0.15) is 6.04 Å². The third kappa shape index (κ3) is 3.77. The minimum Gasteiger partial charge on any atom is -0.451 e. The first-order valence-corrected chi connectivity index (χ1v) is 10.0. The van der Waals surface area contributed by atoms with Crippen LogP contribution in [-0.2, 0) is 31.0 Å². The third-order valence-electron chi connectivity index (χ3n) is 6.02. The molecule has 0 unspecified atom stereocenters. The van der Waals surface area contributed by atoms with Crippen LogP contribution in [0, 0.1) is 25.7 Å². The van der Waals surface area contributed by atoms with E-state index in [0.717, 1.165) is 23.4 Å². The number of aromatic nitrogens is 2. The Morgan fingerprint density at radius 3 is 2.14 bits per heavy atom. The first kappa shape index (κ1) is 21.0. The van der Waals surface area contributed by atoms with Gasteiger partial charge in [-0.3, -0.25) is 24.0 Å². The number of likely N-dealkylation sites (tertiary alicyclic amines) is 1. The monoisotopic (exact) mass is 404 g/mol. The van der Waals surface area contributed by atoms with E-state index in [1.807, 2.05) is 6.92 Å². The number of carbonyl (C=O) groups excluding carboxylic acids is 4. The molecular weight excluding hydrogens is 376 g/mol. The summed E-state index contributed by atoms with van der Waals surface area (Å²) in [6.45, 7) is 6.51. The fourth-order valence-corrected chi connectivity index (χ4v) is 4.18. The van der Waals surface area contributed by atoms with Crippen molar-refractivity contribution in [2.45, 2.75) is 65.5 Å². The quantitative estimate of drug-likeness (QED) is 0.588. The van der Waals surface area contributed by atoms with Gasteiger partial charge in [0, 0.05) is 7.05 Å². The van der Waals surface area contributed by atoms with Gasteiger partial charge in [-0.1, -0.05) is 12.8 Å². The summed E-state index contributed by atoms with van der Waals surface area (Å²) in [5.74, 6) is -2.54. The second kappa shape index (κ2) is 7.96. The van der Waals surface area contributed by atoms with Crippen LogP contribution >= 0.6 is 0 Å². The average Bonchev–Trinajstić information content (AvgIpc) is 3.08. The summed E-state index contributed by atoms with van der Waals surface area (Å²) in [5, 5.41) is 6.95. The zero-order valence-electron chi connectivity index (χ0n) is 17.5. The van der Waals surface area contributed by atoms with Crippen LogP contribution in [0.25, 0.3) is 0 Å². The first-order chi connectivity index (χ1) is 13.6. The number of anilines is 1. The molecule has 9 heteroatoms. The lowest BCUT2D eigenvalue weighted by Gasteiger charge is -2.23. The predicted octanol–water partition coefficient (Wildman–Crippen LogP) is 1.47. The van der Waals surface area contributed by atoms with Crippen molar-refractivity contribution in [3.63, 3.8) is 0 Å². The summed E-state index contributed by atoms with van der Waals surface area (Å²) in [4.78, 5) is 51.4. The highest BCUT2D eigenvalue weighted by atomic mass is 16.5. The molecule has 29 heavy (non-hydrogen) atoms. The fourth-order valence-electron chi connectivity index (χ4n) is 4.18. The smallest absolute Gasteiger partial charge is 0.329 e. The maximum Gasteiger partial charge on any atom is 0.329 e. The number of aryl methyl sites for hydroxylation is 2. The molecule has 2 aliphatic rings. The molecule has 3 amide bonds. The Morgan fingerprint density at radius 2 is 1.66 bits per heavy atom. The van der Waals surface area contributed by atoms with Gasteiger partial charge in [-0.05, 0) is 40.5 Å². The van der Waals surface area contributed by atoms with Crippen LogP contribution in [-0.4, -0.2) is 50.5 Å². The number of nitrogens with zero attached hydrogens (tertiary/aromatic N) is 3. The molecule has 0 radical (unpaired) electrons. The number of amides is 3. The van der Waals surface area contributed by atoms with E-state index in [2.05, 4.69) is 10.4 Å². The maximum atomic E-state index is 12.6. The molecule has 0 aromatic carbocycles. The molecule has 1 saturated carbocycles. The SMILES string of the molecule is Cc1nn(C)c(C)c1NC(=O)[C@H](C)OC(=O)[C@H](C)N1C(=O)[C@H]2CCCC[C@@H]2C1=O. The molecule has 0 spiro atoms. The normalized spacial score (nSPS) is 23.6. The third-order valence-corrected chi connectivity index (χ3v) is 6.02. The number of carbonyl (C=O) groups is 4. The lowest BCUT2D eigenvalue weighted by atomic mass is 9.81. The van der Waals surface area contributed by atoms with Crippen LogP contribution in [0.5, 0.6) is 0 Å². The summed E-state index contributed by atoms with van der Waals surface area (Å²) < 4.78 is 6.92. The van der Waals surface area contributed by atoms with Crippen LogP contribution in [0.15, 0.2) is 0 Å². The molecular formula is C20H28N4O5. The molecule has 1 saturated heterocycles. The van der Waals surface area contributed by atoms with Crippen LogP contribution < -0.4 is 5.32 Å². The molecule has 1 aromatic heterocycles. The van der Waals surface area contributed by atoms with E-state index in [4.69, 9.17) is 4.74 Å². The zero-order valence-corrected chi connectivity index (χ0v) is 17.5. The summed E-state index contributed by atoms with van der Waals surface area (Å²) in [5.41, 5.74) is 2.00. The number of hydrogen-bond donors (Lipinski definition) is 1. The van der Waals surface area contributed by atoms with E-state index in [1.165, 1.54) is 13.8 Å². The average molecular weight is 404 g/mol. The largest absolute Gasteiger partial charge is 0.451 e.